The van der Waals surface area contributed by atoms with Crippen LogP contribution in [-0.2, 0) is 19.1 Å². The molecule has 6 atom stereocenters. The summed E-state index contributed by atoms with van der Waals surface area (Å²) in [5.41, 5.74) is 0. The molecule has 8 nitrogen and oxygen atoms in total. The van der Waals surface area contributed by atoms with Crippen LogP contribution < -0.4 is 0 Å². The molecule has 1 fully saturated rings. The lowest BCUT2D eigenvalue weighted by atomic mass is 9.84. The van der Waals surface area contributed by atoms with E-state index in [0.717, 1.165) is 25.7 Å². The van der Waals surface area contributed by atoms with Gasteiger partial charge in [0.15, 0.2) is 12.2 Å². The van der Waals surface area contributed by atoms with Gasteiger partial charge in [0.05, 0.1) is 11.8 Å². The van der Waals surface area contributed by atoms with Crippen LogP contribution in [0.5, 0.6) is 0 Å². The summed E-state index contributed by atoms with van der Waals surface area (Å²) in [7, 11) is 0. The highest BCUT2D eigenvalue weighted by atomic mass is 16.6. The zero-order valence-corrected chi connectivity index (χ0v) is 18.7. The van der Waals surface area contributed by atoms with Crippen molar-refractivity contribution in [2.24, 2.45) is 11.8 Å². The van der Waals surface area contributed by atoms with Crippen LogP contribution in [0.1, 0.15) is 79.1 Å². The van der Waals surface area contributed by atoms with E-state index >= 15 is 0 Å². The van der Waals surface area contributed by atoms with E-state index in [-0.39, 0.29) is 0 Å². The molecule has 0 aromatic rings. The predicted molar refractivity (Wildman–Crippen MR) is 110 cm³/mol. The zero-order chi connectivity index (χ0) is 22.8. The average Bonchev–Trinajstić information content (AvgIpc) is 2.72. The molecule has 4 N–H and O–H groups in total. The Bertz CT molecular complexity index is 467. The fraction of sp³-hybridized carbons (Fsp3) is 0.909. The Hall–Kier alpha value is -1.22. The number of hydrogen-bond acceptors (Lipinski definition) is 8. The molecule has 176 valence electrons. The Morgan fingerprint density at radius 1 is 0.600 bits per heavy atom. The van der Waals surface area contributed by atoms with E-state index in [2.05, 4.69) is 0 Å². The van der Waals surface area contributed by atoms with Crippen molar-refractivity contribution in [3.8, 4) is 0 Å². The van der Waals surface area contributed by atoms with E-state index < -0.39 is 60.4 Å². The monoisotopic (exact) mass is 432 g/mol. The van der Waals surface area contributed by atoms with Crippen LogP contribution in [-0.4, -0.2) is 69.0 Å². The molecule has 0 bridgehead atoms. The fourth-order valence-corrected chi connectivity index (χ4v) is 4.07. The van der Waals surface area contributed by atoms with Crippen molar-refractivity contribution in [2.45, 2.75) is 116 Å². The molecule has 0 aromatic heterocycles. The van der Waals surface area contributed by atoms with Crippen LogP contribution in [0.2, 0.25) is 0 Å². The molecule has 0 radical (unpaired) electrons. The van der Waals surface area contributed by atoms with E-state index in [1.54, 1.807) is 0 Å². The lowest BCUT2D eigenvalue weighted by Crippen LogP contribution is -2.66. The summed E-state index contributed by atoms with van der Waals surface area (Å²) in [6, 6.07) is 0. The van der Waals surface area contributed by atoms with Crippen LogP contribution in [0.15, 0.2) is 0 Å². The van der Waals surface area contributed by atoms with Crippen molar-refractivity contribution in [1.82, 2.24) is 0 Å². The Labute approximate surface area is 179 Å². The maximum absolute atomic E-state index is 12.7. The first-order valence-electron chi connectivity index (χ1n) is 11.4. The van der Waals surface area contributed by atoms with Gasteiger partial charge in [0, 0.05) is 0 Å². The third kappa shape index (κ3) is 6.90. The molecule has 0 spiro atoms. The van der Waals surface area contributed by atoms with E-state index in [9.17, 15) is 30.0 Å². The lowest BCUT2D eigenvalue weighted by Gasteiger charge is -2.43. The van der Waals surface area contributed by atoms with Crippen molar-refractivity contribution in [2.75, 3.05) is 0 Å². The molecule has 0 saturated heterocycles. The van der Waals surface area contributed by atoms with Crippen molar-refractivity contribution in [3.05, 3.63) is 0 Å². The van der Waals surface area contributed by atoms with E-state index in [4.69, 9.17) is 9.47 Å². The zero-order valence-electron chi connectivity index (χ0n) is 18.7. The van der Waals surface area contributed by atoms with E-state index in [0.29, 0.717) is 25.7 Å². The van der Waals surface area contributed by atoms with E-state index in [1.807, 2.05) is 27.7 Å². The minimum Gasteiger partial charge on any atom is -0.455 e. The number of rotatable bonds is 12. The molecule has 30 heavy (non-hydrogen) atoms. The van der Waals surface area contributed by atoms with Crippen molar-refractivity contribution >= 4 is 11.9 Å². The molecule has 1 saturated carbocycles. The molecule has 0 heterocycles. The maximum atomic E-state index is 12.7. The van der Waals surface area contributed by atoms with Gasteiger partial charge >= 0.3 is 11.9 Å². The molecule has 0 amide bonds. The van der Waals surface area contributed by atoms with E-state index in [1.165, 1.54) is 0 Å². The quantitative estimate of drug-likeness (QED) is 0.343. The highest BCUT2D eigenvalue weighted by Gasteiger charge is 2.53. The second-order valence-corrected chi connectivity index (χ2v) is 8.31. The predicted octanol–water partition coefficient (Wildman–Crippen LogP) is 1.70. The summed E-state index contributed by atoms with van der Waals surface area (Å²) >= 11 is 0. The summed E-state index contributed by atoms with van der Waals surface area (Å²) in [6.45, 7) is 7.78. The van der Waals surface area contributed by atoms with Gasteiger partial charge in [0.2, 0.25) is 0 Å². The minimum atomic E-state index is -1.73. The van der Waals surface area contributed by atoms with Gasteiger partial charge in [-0.25, -0.2) is 0 Å². The number of carbonyl (C=O) groups excluding carboxylic acids is 2. The topological polar surface area (TPSA) is 134 Å². The van der Waals surface area contributed by atoms with Gasteiger partial charge < -0.3 is 29.9 Å². The average molecular weight is 433 g/mol. The van der Waals surface area contributed by atoms with Gasteiger partial charge in [-0.2, -0.15) is 0 Å². The molecule has 1 aliphatic rings. The summed E-state index contributed by atoms with van der Waals surface area (Å²) in [5, 5.41) is 41.1. The number of aliphatic hydroxyl groups is 4. The van der Waals surface area contributed by atoms with Crippen molar-refractivity contribution < 1.29 is 39.5 Å². The molecular formula is C22H40O8. The second-order valence-electron chi connectivity index (χ2n) is 8.31. The van der Waals surface area contributed by atoms with Crippen molar-refractivity contribution in [3.63, 3.8) is 0 Å². The Kier molecular flexibility index (Phi) is 11.8. The first-order valence-corrected chi connectivity index (χ1v) is 11.4. The first kappa shape index (κ1) is 26.8. The fourth-order valence-electron chi connectivity index (χ4n) is 4.07. The molecule has 0 unspecified atom stereocenters. The van der Waals surface area contributed by atoms with Crippen LogP contribution in [0.4, 0.5) is 0 Å². The normalized spacial score (nSPS) is 29.3. The third-order valence-electron chi connectivity index (χ3n) is 5.77. The standard InChI is InChI=1S/C22H40O8/c1-5-9-13(10-6-2)21(27)29-19-17(25)15(23)16(24)18(26)20(19)30-22(28)14(11-7-3)12-8-4/h13-20,23-26H,5-12H2,1-4H3/t15-,16-,17-,18+,19-,20-/m1/s1. The molecule has 1 aliphatic carbocycles. The Balaban J connectivity index is 3.07. The van der Waals surface area contributed by atoms with Crippen LogP contribution in [0, 0.1) is 11.8 Å². The number of ether oxygens (including phenoxy) is 2. The molecule has 8 heteroatoms. The Morgan fingerprint density at radius 3 is 1.10 bits per heavy atom. The number of carbonyl (C=O) groups is 2. The smallest absolute Gasteiger partial charge is 0.309 e. The summed E-state index contributed by atoms with van der Waals surface area (Å²) in [6.07, 6.45) is -4.29. The van der Waals surface area contributed by atoms with Crippen LogP contribution in [0.25, 0.3) is 0 Å². The maximum Gasteiger partial charge on any atom is 0.309 e. The molecule has 0 aliphatic heterocycles. The summed E-state index contributed by atoms with van der Waals surface area (Å²) < 4.78 is 11.0. The highest BCUT2D eigenvalue weighted by molar-refractivity contribution is 5.74. The SMILES string of the molecule is CCCC(CCC)C(=O)O[C@@H]1[C@H](O)[C@H](O)[C@@H](O)[C@H](O)[C@H]1OC(=O)C(CCC)CCC. The molecular weight excluding hydrogens is 392 g/mol. The third-order valence-corrected chi connectivity index (χ3v) is 5.77. The minimum absolute atomic E-state index is 0.391. The Morgan fingerprint density at radius 2 is 0.867 bits per heavy atom. The highest BCUT2D eigenvalue weighted by Crippen LogP contribution is 2.29. The molecule has 1 rings (SSSR count). The van der Waals surface area contributed by atoms with Gasteiger partial charge in [0.1, 0.15) is 24.4 Å². The second kappa shape index (κ2) is 13.2. The van der Waals surface area contributed by atoms with Crippen molar-refractivity contribution in [1.29, 1.82) is 0 Å². The lowest BCUT2D eigenvalue weighted by molar-refractivity contribution is -0.244. The van der Waals surface area contributed by atoms with Gasteiger partial charge in [0.25, 0.3) is 0 Å². The summed E-state index contributed by atoms with van der Waals surface area (Å²) in [5.74, 6) is -1.92. The van der Waals surface area contributed by atoms with Crippen LogP contribution >= 0.6 is 0 Å². The van der Waals surface area contributed by atoms with Gasteiger partial charge in [-0.1, -0.05) is 53.4 Å². The first-order chi connectivity index (χ1) is 14.2. The van der Waals surface area contributed by atoms with Gasteiger partial charge in [-0.3, -0.25) is 9.59 Å². The van der Waals surface area contributed by atoms with Gasteiger partial charge in [-0.05, 0) is 25.7 Å². The van der Waals surface area contributed by atoms with Gasteiger partial charge in [-0.15, -0.1) is 0 Å². The van der Waals surface area contributed by atoms with Crippen LogP contribution in [0.3, 0.4) is 0 Å². The number of aliphatic hydroxyl groups excluding tert-OH is 4. The number of esters is 2. The largest absolute Gasteiger partial charge is 0.455 e. The molecule has 0 aromatic carbocycles. The number of hydrogen-bond donors (Lipinski definition) is 4. The summed E-state index contributed by atoms with van der Waals surface area (Å²) in [4.78, 5) is 25.4.